The number of ether oxygens (including phenoxy) is 2. The van der Waals surface area contributed by atoms with Crippen LogP contribution in [-0.4, -0.2) is 27.7 Å². The molecule has 0 bridgehead atoms. The van der Waals surface area contributed by atoms with Gasteiger partial charge in [0, 0.05) is 19.8 Å². The molecule has 0 aliphatic rings. The van der Waals surface area contributed by atoms with Gasteiger partial charge in [-0.05, 0) is 0 Å². The first-order valence-corrected chi connectivity index (χ1v) is 6.73. The first-order chi connectivity index (χ1) is 7.54. The summed E-state index contributed by atoms with van der Waals surface area (Å²) >= 11 is 4.11. The molecule has 0 atom stereocenters. The number of alkyl halides is 2. The monoisotopic (exact) mass is 446 g/mol. The second kappa shape index (κ2) is 6.27. The predicted octanol–water partition coefficient (Wildman–Crippen LogP) is 3.05. The molecule has 0 N–H and O–H groups in total. The van der Waals surface area contributed by atoms with Crippen LogP contribution in [0, 0.1) is 0 Å². The van der Waals surface area contributed by atoms with Gasteiger partial charge in [0.25, 0.3) is 0 Å². The average Bonchev–Trinajstić information content (AvgIpc) is 2.30. The van der Waals surface area contributed by atoms with Gasteiger partial charge in [0.15, 0.2) is 13.5 Å². The summed E-state index contributed by atoms with van der Waals surface area (Å²) in [5, 5.41) is 0. The molecule has 0 amide bonds. The fourth-order valence-electron chi connectivity index (χ4n) is 1.28. The van der Waals surface area contributed by atoms with Gasteiger partial charge in [-0.1, -0.05) is 75.5 Å². The van der Waals surface area contributed by atoms with Crippen molar-refractivity contribution in [3.63, 3.8) is 0 Å². The number of ketones is 1. The van der Waals surface area contributed by atoms with Crippen LogP contribution in [-0.2, 0) is 9.47 Å². The first kappa shape index (κ1) is 14.3. The number of benzene rings is 1. The van der Waals surface area contributed by atoms with E-state index in [0.29, 0.717) is 5.56 Å². The average molecular weight is 446 g/mol. The molecule has 0 saturated carbocycles. The van der Waals surface area contributed by atoms with Crippen LogP contribution in [0.1, 0.15) is 10.4 Å². The summed E-state index contributed by atoms with van der Waals surface area (Å²) in [6.45, 7) is 0. The van der Waals surface area contributed by atoms with Crippen molar-refractivity contribution in [2.24, 2.45) is 0 Å². The normalized spacial score (nSPS) is 11.8. The summed E-state index contributed by atoms with van der Waals surface area (Å²) in [5.74, 6) is -0.0111. The molecule has 1 aromatic carbocycles. The second-order valence-electron chi connectivity index (χ2n) is 3.12. The van der Waals surface area contributed by atoms with Crippen LogP contribution < -0.4 is 0 Å². The van der Waals surface area contributed by atoms with Crippen molar-refractivity contribution in [1.29, 1.82) is 0 Å². The molecule has 0 radical (unpaired) electrons. The van der Waals surface area contributed by atoms with Gasteiger partial charge in [-0.3, -0.25) is 4.79 Å². The van der Waals surface area contributed by atoms with Crippen LogP contribution in [0.5, 0.6) is 0 Å². The second-order valence-corrected chi connectivity index (χ2v) is 8.59. The van der Waals surface area contributed by atoms with E-state index < -0.39 is 7.72 Å². The van der Waals surface area contributed by atoms with Crippen molar-refractivity contribution in [2.45, 2.75) is 7.72 Å². The lowest BCUT2D eigenvalue weighted by Gasteiger charge is -2.27. The zero-order chi connectivity index (χ0) is 12.2. The van der Waals surface area contributed by atoms with Crippen molar-refractivity contribution in [3.05, 3.63) is 35.9 Å². The van der Waals surface area contributed by atoms with E-state index in [9.17, 15) is 4.79 Å². The van der Waals surface area contributed by atoms with E-state index in [2.05, 4.69) is 45.2 Å². The minimum atomic E-state index is -0.764. The standard InChI is InChI=1S/C11H12I2O3/c1-15-10(16-2)11(12,13)9(14)8-6-4-3-5-7-8/h3-7,10H,1-2H3. The van der Waals surface area contributed by atoms with Gasteiger partial charge in [-0.15, -0.1) is 0 Å². The maximum absolute atomic E-state index is 12.3. The number of halogens is 2. The number of carbonyl (C=O) groups excluding carboxylic acids is 1. The molecular formula is C11H12I2O3. The van der Waals surface area contributed by atoms with Crippen molar-refractivity contribution >= 4 is 51.0 Å². The van der Waals surface area contributed by atoms with E-state index in [1.807, 2.05) is 18.2 Å². The lowest BCUT2D eigenvalue weighted by Crippen LogP contribution is -2.40. The quantitative estimate of drug-likeness (QED) is 0.302. The van der Waals surface area contributed by atoms with E-state index in [1.165, 1.54) is 14.2 Å². The summed E-state index contributed by atoms with van der Waals surface area (Å²) in [6.07, 6.45) is -0.568. The van der Waals surface area contributed by atoms with Crippen LogP contribution in [0.3, 0.4) is 0 Å². The Morgan fingerprint density at radius 1 is 1.19 bits per heavy atom. The van der Waals surface area contributed by atoms with Crippen LogP contribution in [0.2, 0.25) is 0 Å². The summed E-state index contributed by atoms with van der Waals surface area (Å²) < 4.78 is 9.53. The summed E-state index contributed by atoms with van der Waals surface area (Å²) in [4.78, 5) is 12.3. The zero-order valence-electron chi connectivity index (χ0n) is 8.94. The third kappa shape index (κ3) is 3.14. The molecule has 5 heteroatoms. The van der Waals surface area contributed by atoms with E-state index in [4.69, 9.17) is 9.47 Å². The van der Waals surface area contributed by atoms with Gasteiger partial charge in [0.2, 0.25) is 0 Å². The van der Waals surface area contributed by atoms with Crippen molar-refractivity contribution in [2.75, 3.05) is 14.2 Å². The van der Waals surface area contributed by atoms with Crippen LogP contribution in [0.4, 0.5) is 0 Å². The lowest BCUT2D eigenvalue weighted by molar-refractivity contribution is -0.0958. The highest BCUT2D eigenvalue weighted by molar-refractivity contribution is 14.2. The Morgan fingerprint density at radius 3 is 2.12 bits per heavy atom. The molecule has 1 aromatic rings. The molecule has 0 fully saturated rings. The lowest BCUT2D eigenvalue weighted by atomic mass is 10.1. The fourth-order valence-corrected chi connectivity index (χ4v) is 2.92. The van der Waals surface area contributed by atoms with Crippen molar-refractivity contribution in [3.8, 4) is 0 Å². The smallest absolute Gasteiger partial charge is 0.193 e. The Kier molecular flexibility index (Phi) is 5.62. The van der Waals surface area contributed by atoms with Gasteiger partial charge in [-0.25, -0.2) is 0 Å². The molecule has 1 rings (SSSR count). The topological polar surface area (TPSA) is 35.5 Å². The maximum atomic E-state index is 12.3. The maximum Gasteiger partial charge on any atom is 0.193 e. The highest BCUT2D eigenvalue weighted by atomic mass is 127. The van der Waals surface area contributed by atoms with Crippen molar-refractivity contribution < 1.29 is 14.3 Å². The number of hydrogen-bond donors (Lipinski definition) is 0. The van der Waals surface area contributed by atoms with Gasteiger partial charge < -0.3 is 9.47 Å². The summed E-state index contributed by atoms with van der Waals surface area (Å²) in [7, 11) is 3.05. The molecule has 0 spiro atoms. The summed E-state index contributed by atoms with van der Waals surface area (Å²) in [6, 6.07) is 9.13. The van der Waals surface area contributed by atoms with Gasteiger partial charge in [0.05, 0.1) is 0 Å². The number of Topliss-reactive ketones (excluding diaryl/α,β-unsaturated/α-hetero) is 1. The van der Waals surface area contributed by atoms with E-state index in [-0.39, 0.29) is 5.78 Å². The Morgan fingerprint density at radius 2 is 1.69 bits per heavy atom. The number of methoxy groups -OCH3 is 2. The van der Waals surface area contributed by atoms with Gasteiger partial charge >= 0.3 is 0 Å². The Balaban J connectivity index is 2.96. The molecule has 3 nitrogen and oxygen atoms in total. The molecule has 0 unspecified atom stereocenters. The Labute approximate surface area is 122 Å². The molecule has 0 aromatic heterocycles. The van der Waals surface area contributed by atoms with Gasteiger partial charge in [0.1, 0.15) is 0 Å². The Hall–Kier alpha value is 0.270. The van der Waals surface area contributed by atoms with Crippen molar-refractivity contribution in [1.82, 2.24) is 0 Å². The number of carbonyl (C=O) groups is 1. The highest BCUT2D eigenvalue weighted by Gasteiger charge is 2.42. The SMILES string of the molecule is COC(OC)C(I)(I)C(=O)c1ccccc1. The van der Waals surface area contributed by atoms with E-state index in [1.54, 1.807) is 12.1 Å². The first-order valence-electron chi connectivity index (χ1n) is 4.57. The van der Waals surface area contributed by atoms with E-state index in [0.717, 1.165) is 0 Å². The highest BCUT2D eigenvalue weighted by Crippen LogP contribution is 2.37. The van der Waals surface area contributed by atoms with E-state index >= 15 is 0 Å². The predicted molar refractivity (Wildman–Crippen MR) is 79.3 cm³/mol. The summed E-state index contributed by atoms with van der Waals surface area (Å²) in [5.41, 5.74) is 0.658. The molecule has 0 aliphatic carbocycles. The minimum Gasteiger partial charge on any atom is -0.353 e. The molecule has 16 heavy (non-hydrogen) atoms. The number of rotatable bonds is 5. The Bertz CT molecular complexity index is 348. The molecule has 88 valence electrons. The zero-order valence-corrected chi connectivity index (χ0v) is 13.3. The van der Waals surface area contributed by atoms with Crippen LogP contribution in [0.25, 0.3) is 0 Å². The third-order valence-electron chi connectivity index (χ3n) is 2.06. The number of hydrogen-bond acceptors (Lipinski definition) is 3. The third-order valence-corrected chi connectivity index (χ3v) is 4.06. The van der Waals surface area contributed by atoms with Gasteiger partial charge in [-0.2, -0.15) is 0 Å². The fraction of sp³-hybridized carbons (Fsp3) is 0.364. The van der Waals surface area contributed by atoms with Crippen LogP contribution >= 0.6 is 45.2 Å². The molecule has 0 heterocycles. The molecular weight excluding hydrogens is 434 g/mol. The van der Waals surface area contributed by atoms with Crippen LogP contribution in [0.15, 0.2) is 30.3 Å². The molecule has 0 saturated heterocycles. The molecule has 0 aliphatic heterocycles. The largest absolute Gasteiger partial charge is 0.353 e. The minimum absolute atomic E-state index is 0.0111.